The number of rotatable bonds is 5. The van der Waals surface area contributed by atoms with Crippen molar-refractivity contribution in [1.29, 1.82) is 0 Å². The summed E-state index contributed by atoms with van der Waals surface area (Å²) in [5.41, 5.74) is -0.988. The summed E-state index contributed by atoms with van der Waals surface area (Å²) >= 11 is 5.05. The molecule has 1 aliphatic heterocycles. The van der Waals surface area contributed by atoms with E-state index < -0.39 is 11.9 Å². The number of hydrogen-bond acceptors (Lipinski definition) is 5. The Bertz CT molecular complexity index is 591. The maximum atomic E-state index is 13.2. The van der Waals surface area contributed by atoms with Crippen LogP contribution in [0.4, 0.5) is 24.9 Å². The summed E-state index contributed by atoms with van der Waals surface area (Å²) in [6, 6.07) is 0.989. The van der Waals surface area contributed by atoms with Crippen LogP contribution < -0.4 is 15.5 Å². The predicted molar refractivity (Wildman–Crippen MR) is 93.7 cm³/mol. The van der Waals surface area contributed by atoms with Gasteiger partial charge in [-0.1, -0.05) is 6.92 Å². The van der Waals surface area contributed by atoms with E-state index in [1.807, 2.05) is 4.90 Å². The Labute approximate surface area is 150 Å². The maximum Gasteiger partial charge on any atom is 0.433 e. The molecule has 25 heavy (non-hydrogen) atoms. The van der Waals surface area contributed by atoms with E-state index in [1.54, 1.807) is 7.11 Å². The molecule has 0 aromatic carbocycles. The third kappa shape index (κ3) is 5.96. The van der Waals surface area contributed by atoms with Gasteiger partial charge >= 0.3 is 6.18 Å². The number of aromatic nitrogens is 2. The number of nitrogens with zero attached hydrogens (tertiary/aromatic N) is 3. The molecule has 1 aromatic heterocycles. The van der Waals surface area contributed by atoms with Gasteiger partial charge in [0.15, 0.2) is 10.8 Å². The van der Waals surface area contributed by atoms with E-state index in [2.05, 4.69) is 27.5 Å². The summed E-state index contributed by atoms with van der Waals surface area (Å²) in [4.78, 5) is 9.61. The SMILES string of the molecule is COCCNC(=S)Nc1nc(N2CCC(C)CC2)cc(C(F)(F)F)n1. The van der Waals surface area contributed by atoms with Crippen LogP contribution in [-0.2, 0) is 10.9 Å². The van der Waals surface area contributed by atoms with Crippen molar-refractivity contribution >= 4 is 29.1 Å². The minimum absolute atomic E-state index is 0.148. The fourth-order valence-corrected chi connectivity index (χ4v) is 2.64. The standard InChI is InChI=1S/C15H22F3N5OS/c1-10-3-6-23(7-4-10)12-9-11(15(16,17)18)20-13(21-12)22-14(25)19-5-8-24-2/h9-10H,3-8H2,1-2H3,(H2,19,20,21,22,25). The van der Waals surface area contributed by atoms with E-state index in [4.69, 9.17) is 17.0 Å². The Morgan fingerprint density at radius 2 is 2.04 bits per heavy atom. The van der Waals surface area contributed by atoms with Gasteiger partial charge in [0.1, 0.15) is 5.82 Å². The maximum absolute atomic E-state index is 13.2. The van der Waals surface area contributed by atoms with Crippen LogP contribution in [0.25, 0.3) is 0 Å². The second-order valence-corrected chi connectivity index (χ2v) is 6.38. The first-order valence-corrected chi connectivity index (χ1v) is 8.45. The molecule has 2 heterocycles. The van der Waals surface area contributed by atoms with Crippen LogP contribution in [0, 0.1) is 5.92 Å². The average Bonchev–Trinajstić information content (AvgIpc) is 2.54. The number of ether oxygens (including phenoxy) is 1. The van der Waals surface area contributed by atoms with Crippen molar-refractivity contribution in [2.75, 3.05) is 43.6 Å². The number of piperidine rings is 1. The highest BCUT2D eigenvalue weighted by Gasteiger charge is 2.34. The Morgan fingerprint density at radius 1 is 1.36 bits per heavy atom. The Morgan fingerprint density at radius 3 is 2.64 bits per heavy atom. The number of anilines is 2. The van der Waals surface area contributed by atoms with Gasteiger partial charge in [-0.2, -0.15) is 18.2 Å². The number of alkyl halides is 3. The molecule has 0 atom stereocenters. The number of thiocarbonyl (C=S) groups is 1. The van der Waals surface area contributed by atoms with Crippen molar-refractivity contribution in [2.45, 2.75) is 25.9 Å². The van der Waals surface area contributed by atoms with Gasteiger partial charge in [0.25, 0.3) is 0 Å². The second kappa shape index (κ2) is 8.61. The zero-order valence-electron chi connectivity index (χ0n) is 14.2. The fourth-order valence-electron chi connectivity index (χ4n) is 2.45. The van der Waals surface area contributed by atoms with Crippen molar-refractivity contribution < 1.29 is 17.9 Å². The average molecular weight is 377 g/mol. The largest absolute Gasteiger partial charge is 0.433 e. The lowest BCUT2D eigenvalue weighted by molar-refractivity contribution is -0.141. The summed E-state index contributed by atoms with van der Waals surface area (Å²) < 4.78 is 44.4. The molecule has 0 aliphatic carbocycles. The number of hydrogen-bond donors (Lipinski definition) is 2. The van der Waals surface area contributed by atoms with Crippen LogP contribution in [0.3, 0.4) is 0 Å². The molecule has 2 rings (SSSR count). The normalized spacial score (nSPS) is 16.0. The zero-order valence-corrected chi connectivity index (χ0v) is 15.0. The van der Waals surface area contributed by atoms with Crippen LogP contribution in [-0.4, -0.2) is 48.4 Å². The Balaban J connectivity index is 2.17. The summed E-state index contributed by atoms with van der Waals surface area (Å²) in [5, 5.41) is 5.58. The highest BCUT2D eigenvalue weighted by atomic mass is 32.1. The monoisotopic (exact) mass is 377 g/mol. The van der Waals surface area contributed by atoms with Crippen molar-refractivity contribution in [1.82, 2.24) is 15.3 Å². The predicted octanol–water partition coefficient (Wildman–Crippen LogP) is 2.66. The van der Waals surface area contributed by atoms with Gasteiger partial charge in [-0.3, -0.25) is 0 Å². The molecule has 2 N–H and O–H groups in total. The van der Waals surface area contributed by atoms with Crippen LogP contribution in [0.5, 0.6) is 0 Å². The highest BCUT2D eigenvalue weighted by Crippen LogP contribution is 2.31. The van der Waals surface area contributed by atoms with Gasteiger partial charge in [-0.25, -0.2) is 4.98 Å². The summed E-state index contributed by atoms with van der Waals surface area (Å²) in [7, 11) is 1.54. The summed E-state index contributed by atoms with van der Waals surface area (Å²) in [5.74, 6) is 0.658. The topological polar surface area (TPSA) is 62.3 Å². The first-order valence-electron chi connectivity index (χ1n) is 8.04. The van der Waals surface area contributed by atoms with Crippen LogP contribution in [0.15, 0.2) is 6.07 Å². The van der Waals surface area contributed by atoms with Crippen molar-refractivity contribution in [2.24, 2.45) is 5.92 Å². The summed E-state index contributed by atoms with van der Waals surface area (Å²) in [6.07, 6.45) is -2.71. The van der Waals surface area contributed by atoms with E-state index in [1.165, 1.54) is 0 Å². The van der Waals surface area contributed by atoms with Gasteiger partial charge in [0.2, 0.25) is 5.95 Å². The number of methoxy groups -OCH3 is 1. The molecule has 140 valence electrons. The molecule has 1 saturated heterocycles. The van der Waals surface area contributed by atoms with E-state index in [0.717, 1.165) is 18.9 Å². The van der Waals surface area contributed by atoms with Crippen LogP contribution >= 0.6 is 12.2 Å². The summed E-state index contributed by atoms with van der Waals surface area (Å²) in [6.45, 7) is 4.33. The zero-order chi connectivity index (χ0) is 18.4. The number of halogens is 3. The lowest BCUT2D eigenvalue weighted by atomic mass is 9.99. The van der Waals surface area contributed by atoms with Crippen molar-refractivity contribution in [3.05, 3.63) is 11.8 Å². The first-order chi connectivity index (χ1) is 11.8. The fraction of sp³-hybridized carbons (Fsp3) is 0.667. The van der Waals surface area contributed by atoms with E-state index in [-0.39, 0.29) is 16.9 Å². The van der Waals surface area contributed by atoms with Gasteiger partial charge in [-0.05, 0) is 31.0 Å². The lowest BCUT2D eigenvalue weighted by Crippen LogP contribution is -2.35. The quantitative estimate of drug-likeness (QED) is 0.604. The van der Waals surface area contributed by atoms with E-state index in [9.17, 15) is 13.2 Å². The van der Waals surface area contributed by atoms with Gasteiger partial charge in [0.05, 0.1) is 6.61 Å². The third-order valence-electron chi connectivity index (χ3n) is 3.93. The van der Waals surface area contributed by atoms with Crippen LogP contribution in [0.1, 0.15) is 25.5 Å². The van der Waals surface area contributed by atoms with E-state index in [0.29, 0.717) is 32.2 Å². The molecular formula is C15H22F3N5OS. The molecule has 10 heteroatoms. The molecule has 6 nitrogen and oxygen atoms in total. The molecule has 0 radical (unpaired) electrons. The molecule has 0 saturated carbocycles. The minimum Gasteiger partial charge on any atom is -0.383 e. The smallest absolute Gasteiger partial charge is 0.383 e. The molecule has 0 spiro atoms. The second-order valence-electron chi connectivity index (χ2n) is 5.98. The minimum atomic E-state index is -4.55. The Kier molecular flexibility index (Phi) is 6.77. The molecule has 0 amide bonds. The molecule has 1 fully saturated rings. The lowest BCUT2D eigenvalue weighted by Gasteiger charge is -2.31. The molecule has 0 bridgehead atoms. The van der Waals surface area contributed by atoms with Gasteiger partial charge in [0, 0.05) is 32.8 Å². The van der Waals surface area contributed by atoms with Crippen LogP contribution in [0.2, 0.25) is 0 Å². The highest BCUT2D eigenvalue weighted by molar-refractivity contribution is 7.80. The van der Waals surface area contributed by atoms with Gasteiger partial charge in [-0.15, -0.1) is 0 Å². The van der Waals surface area contributed by atoms with Crippen molar-refractivity contribution in [3.63, 3.8) is 0 Å². The Hall–Kier alpha value is -1.68. The first kappa shape index (κ1) is 19.6. The van der Waals surface area contributed by atoms with Gasteiger partial charge < -0.3 is 20.3 Å². The third-order valence-corrected chi connectivity index (χ3v) is 4.17. The van der Waals surface area contributed by atoms with E-state index >= 15 is 0 Å². The molecule has 0 unspecified atom stereocenters. The number of nitrogens with one attached hydrogen (secondary N) is 2. The molecular weight excluding hydrogens is 355 g/mol. The van der Waals surface area contributed by atoms with Crippen molar-refractivity contribution in [3.8, 4) is 0 Å². The molecule has 1 aliphatic rings. The molecule has 1 aromatic rings.